The standard InChI is InChI=1S/C57H97N3O17/c1-34-19-15-16-23-51(70)76-54(37(4)20-14-12-10-11-13-17-26-60-56(58-8)59-9)38(5)22-18-21-36(3)53(72)40(7)46(64)28-41(61)27-42(75-52(71)32-50(68)69)29-43-30-48(66)55(73)57(74,77-43)33-49(67)35(2)24-25-44(62)39(6)47(65)31-45(34)63/h10-11,15-16,18-19,21-23,34-35,37-49,53-55,61-67,72-74H,12-14,17,20,24-33H2,1-9H3,(H,68,69)(H2,58,59,60)/b11-10+,19-15?,22-18?,23-16?,36-21?. The second kappa shape index (κ2) is 35.5. The van der Waals surface area contributed by atoms with Crippen LogP contribution in [0.3, 0.4) is 0 Å². The number of esters is 2. The number of unbranched alkanes of at least 4 members (excludes halogenated alkanes) is 2. The predicted octanol–water partition coefficient (Wildman–Crippen LogP) is 3.49. The Morgan fingerprint density at radius 2 is 1.45 bits per heavy atom. The number of carboxylic acids is 1. The van der Waals surface area contributed by atoms with Crippen LogP contribution in [0, 0.1) is 35.5 Å². The Hall–Kier alpha value is -4.06. The van der Waals surface area contributed by atoms with Crippen molar-refractivity contribution in [1.82, 2.24) is 10.6 Å². The van der Waals surface area contributed by atoms with E-state index in [1.807, 2.05) is 27.0 Å². The van der Waals surface area contributed by atoms with Crippen LogP contribution in [0.25, 0.3) is 0 Å². The van der Waals surface area contributed by atoms with Gasteiger partial charge >= 0.3 is 17.9 Å². The molecule has 2 aliphatic heterocycles. The Morgan fingerprint density at radius 3 is 2.10 bits per heavy atom. The zero-order valence-electron chi connectivity index (χ0n) is 47.0. The topological polar surface area (TPSA) is 338 Å². The van der Waals surface area contributed by atoms with E-state index in [-0.39, 0.29) is 56.8 Å². The molecule has 0 amide bonds. The molecule has 19 unspecified atom stereocenters. The maximum Gasteiger partial charge on any atom is 0.331 e. The summed E-state index contributed by atoms with van der Waals surface area (Å²) >= 11 is 0. The maximum atomic E-state index is 13.3. The fourth-order valence-electron chi connectivity index (χ4n) is 9.77. The van der Waals surface area contributed by atoms with E-state index in [4.69, 9.17) is 14.2 Å². The molecule has 0 radical (unpaired) electrons. The van der Waals surface area contributed by atoms with Crippen molar-refractivity contribution in [2.24, 2.45) is 40.5 Å². The molecule has 2 bridgehead atoms. The predicted molar refractivity (Wildman–Crippen MR) is 292 cm³/mol. The zero-order valence-corrected chi connectivity index (χ0v) is 47.0. The van der Waals surface area contributed by atoms with E-state index in [1.54, 1.807) is 66.0 Å². The summed E-state index contributed by atoms with van der Waals surface area (Å²) in [5.74, 6) is -7.92. The molecular weight excluding hydrogens is 999 g/mol. The minimum atomic E-state index is -2.53. The smallest absolute Gasteiger partial charge is 0.331 e. The number of nitrogens with zero attached hydrogens (tertiary/aromatic N) is 1. The normalized spacial score (nSPS) is 36.2. The van der Waals surface area contributed by atoms with Gasteiger partial charge in [0.1, 0.15) is 24.7 Å². The molecule has 2 rings (SSSR count). The number of nitrogens with one attached hydrogen (secondary N) is 2. The second-order valence-corrected chi connectivity index (χ2v) is 21.8. The molecule has 77 heavy (non-hydrogen) atoms. The van der Waals surface area contributed by atoms with Gasteiger partial charge in [0.2, 0.25) is 0 Å². The molecule has 13 N–H and O–H groups in total. The Balaban J connectivity index is 2.43. The highest BCUT2D eigenvalue weighted by atomic mass is 16.7. The van der Waals surface area contributed by atoms with E-state index >= 15 is 0 Å². The van der Waals surface area contributed by atoms with Crippen molar-refractivity contribution in [3.8, 4) is 0 Å². The number of aliphatic imine (C=N–C) groups is 1. The first kappa shape index (κ1) is 69.0. The average Bonchev–Trinajstić information content (AvgIpc) is 3.36. The number of guanidine groups is 1. The zero-order chi connectivity index (χ0) is 58.0. The molecule has 0 aromatic heterocycles. The molecule has 1 fully saturated rings. The molecule has 19 atom stereocenters. The third-order valence-electron chi connectivity index (χ3n) is 15.2. The number of hydrogen-bond donors (Lipinski definition) is 13. The molecule has 20 heteroatoms. The second-order valence-electron chi connectivity index (χ2n) is 21.8. The number of allylic oxidation sites excluding steroid dienone is 6. The number of aliphatic carboxylic acids is 1. The van der Waals surface area contributed by atoms with Crippen LogP contribution in [0.1, 0.15) is 138 Å². The van der Waals surface area contributed by atoms with Gasteiger partial charge in [-0.25, -0.2) is 4.79 Å². The van der Waals surface area contributed by atoms with Crippen LogP contribution in [0.15, 0.2) is 65.2 Å². The summed E-state index contributed by atoms with van der Waals surface area (Å²) in [4.78, 5) is 41.5. The number of carbonyl (C=O) groups is 3. The van der Waals surface area contributed by atoms with Crippen molar-refractivity contribution in [3.05, 3.63) is 60.3 Å². The quantitative estimate of drug-likeness (QED) is 0.0332. The number of fused-ring (bicyclic) bond motifs is 2. The number of aliphatic hydroxyl groups is 10. The fraction of sp³-hybridized carbons (Fsp3) is 0.754. The summed E-state index contributed by atoms with van der Waals surface area (Å²) < 4.78 is 17.4. The molecule has 20 nitrogen and oxygen atoms in total. The summed E-state index contributed by atoms with van der Waals surface area (Å²) in [5, 5.41) is 127. The summed E-state index contributed by atoms with van der Waals surface area (Å²) in [6.07, 6.45) is 2.50. The molecule has 0 aromatic carbocycles. The lowest BCUT2D eigenvalue weighted by Crippen LogP contribution is -2.60. The van der Waals surface area contributed by atoms with Gasteiger partial charge < -0.3 is 81.0 Å². The van der Waals surface area contributed by atoms with E-state index in [0.717, 1.165) is 44.6 Å². The Bertz CT molecular complexity index is 1930. The molecule has 1 saturated heterocycles. The molecule has 0 saturated carbocycles. The first-order valence-corrected chi connectivity index (χ1v) is 27.6. The number of aliphatic hydroxyl groups excluding tert-OH is 9. The van der Waals surface area contributed by atoms with Gasteiger partial charge in [0.25, 0.3) is 0 Å². The first-order valence-electron chi connectivity index (χ1n) is 27.6. The van der Waals surface area contributed by atoms with Gasteiger partial charge in [-0.15, -0.1) is 0 Å². The molecule has 2 heterocycles. The molecule has 0 aromatic rings. The summed E-state index contributed by atoms with van der Waals surface area (Å²) in [5.41, 5.74) is 0.482. The molecule has 2 aliphatic rings. The van der Waals surface area contributed by atoms with Crippen molar-refractivity contribution < 1.29 is 84.8 Å². The van der Waals surface area contributed by atoms with Crippen LogP contribution in [0.4, 0.5) is 0 Å². The van der Waals surface area contributed by atoms with E-state index < -0.39 is 133 Å². The summed E-state index contributed by atoms with van der Waals surface area (Å²) in [6.45, 7) is 13.0. The van der Waals surface area contributed by atoms with E-state index in [9.17, 15) is 70.6 Å². The summed E-state index contributed by atoms with van der Waals surface area (Å²) in [7, 11) is 3.53. The van der Waals surface area contributed by atoms with Crippen molar-refractivity contribution >= 4 is 23.9 Å². The van der Waals surface area contributed by atoms with Crippen molar-refractivity contribution in [1.29, 1.82) is 0 Å². The number of ether oxygens (including phenoxy) is 3. The third-order valence-corrected chi connectivity index (χ3v) is 15.2. The molecular formula is C57H97N3O17. The van der Waals surface area contributed by atoms with Gasteiger partial charge in [-0.1, -0.05) is 90.2 Å². The van der Waals surface area contributed by atoms with Crippen LogP contribution in [0.2, 0.25) is 0 Å². The van der Waals surface area contributed by atoms with Crippen LogP contribution >= 0.6 is 0 Å². The van der Waals surface area contributed by atoms with Crippen LogP contribution in [-0.2, 0) is 28.6 Å². The van der Waals surface area contributed by atoms with Gasteiger partial charge in [0, 0.05) is 82.5 Å². The fourth-order valence-corrected chi connectivity index (χ4v) is 9.77. The molecule has 442 valence electrons. The first-order chi connectivity index (χ1) is 36.2. The van der Waals surface area contributed by atoms with Gasteiger partial charge in [-0.3, -0.25) is 14.6 Å². The third kappa shape index (κ3) is 25.3. The van der Waals surface area contributed by atoms with E-state index in [0.29, 0.717) is 5.57 Å². The SMILES string of the molecule is CN=C(NC)NCCC/C=C/CCCC(C)C1OC(=O)C=CC=CC(C)C(O)CC(O)C(C)C(O)CCC(C)C(O)CC2(O)OC(CC(OC(=O)CC(=O)O)CC(O)CC(O)C(C)C(O)C(C)=CC=CC1C)CC(O)C2O. The molecule has 0 aliphatic carbocycles. The lowest BCUT2D eigenvalue weighted by Gasteiger charge is -2.45. The van der Waals surface area contributed by atoms with Crippen LogP contribution < -0.4 is 10.6 Å². The molecule has 0 spiro atoms. The maximum absolute atomic E-state index is 13.3. The van der Waals surface area contributed by atoms with Gasteiger partial charge in [0.05, 0.1) is 54.9 Å². The lowest BCUT2D eigenvalue weighted by molar-refractivity contribution is -0.333. The Labute approximate surface area is 456 Å². The highest BCUT2D eigenvalue weighted by Gasteiger charge is 2.50. The van der Waals surface area contributed by atoms with Gasteiger partial charge in [-0.2, -0.15) is 0 Å². The minimum Gasteiger partial charge on any atom is -0.481 e. The van der Waals surface area contributed by atoms with E-state index in [1.165, 1.54) is 12.2 Å². The number of carboxylic acid groups (broad SMARTS) is 1. The van der Waals surface area contributed by atoms with E-state index in [2.05, 4.69) is 27.8 Å². The van der Waals surface area contributed by atoms with Crippen molar-refractivity contribution in [3.63, 3.8) is 0 Å². The summed E-state index contributed by atoms with van der Waals surface area (Å²) in [6, 6.07) is 0. The lowest BCUT2D eigenvalue weighted by atomic mass is 9.83. The van der Waals surface area contributed by atoms with Crippen LogP contribution in [-0.4, -0.2) is 180 Å². The minimum absolute atomic E-state index is 0.0572. The Kier molecular flexibility index (Phi) is 31.9. The monoisotopic (exact) mass is 1100 g/mol. The number of cyclic esters (lactones) is 1. The average molecular weight is 1100 g/mol. The largest absolute Gasteiger partial charge is 0.481 e. The number of rotatable bonds is 12. The van der Waals surface area contributed by atoms with Crippen molar-refractivity contribution in [2.45, 2.75) is 217 Å². The van der Waals surface area contributed by atoms with Gasteiger partial charge in [0.15, 0.2) is 11.7 Å². The highest BCUT2D eigenvalue weighted by molar-refractivity contribution is 5.90. The Morgan fingerprint density at radius 1 is 0.805 bits per heavy atom. The van der Waals surface area contributed by atoms with Crippen LogP contribution in [0.5, 0.6) is 0 Å². The number of carbonyl (C=O) groups excluding carboxylic acids is 2. The highest BCUT2D eigenvalue weighted by Crippen LogP contribution is 2.36. The van der Waals surface area contributed by atoms with Crippen molar-refractivity contribution in [2.75, 3.05) is 20.6 Å². The number of hydrogen-bond acceptors (Lipinski definition) is 17. The van der Waals surface area contributed by atoms with Gasteiger partial charge in [-0.05, 0) is 75.7 Å².